The zero-order chi connectivity index (χ0) is 22.0. The number of rotatable bonds is 2. The minimum atomic E-state index is -0.329. The summed E-state index contributed by atoms with van der Waals surface area (Å²) in [5, 5.41) is 0. The van der Waals surface area contributed by atoms with Gasteiger partial charge < -0.3 is 4.90 Å². The summed E-state index contributed by atoms with van der Waals surface area (Å²) in [5.41, 5.74) is 7.63. The third-order valence-corrected chi connectivity index (χ3v) is 6.76. The van der Waals surface area contributed by atoms with Crippen molar-refractivity contribution in [2.24, 2.45) is 4.99 Å². The van der Waals surface area contributed by atoms with Crippen LogP contribution in [0.1, 0.15) is 55.0 Å². The third-order valence-electron chi connectivity index (χ3n) is 6.76. The van der Waals surface area contributed by atoms with Crippen LogP contribution in [0.3, 0.4) is 0 Å². The van der Waals surface area contributed by atoms with Crippen LogP contribution in [0, 0.1) is 13.8 Å². The quantitative estimate of drug-likeness (QED) is 0.493. The Labute approximate surface area is 184 Å². The van der Waals surface area contributed by atoms with Gasteiger partial charge in [0.1, 0.15) is 5.71 Å². The largest absolute Gasteiger partial charge is 0.300 e. The average Bonchev–Trinajstić information content (AvgIpc) is 2.99. The molecule has 3 heteroatoms. The van der Waals surface area contributed by atoms with Gasteiger partial charge in [-0.05, 0) is 68.5 Å². The molecule has 5 rings (SSSR count). The molecule has 31 heavy (non-hydrogen) atoms. The first-order chi connectivity index (χ1) is 14.7. The normalized spacial score (nSPS) is 22.7. The van der Waals surface area contributed by atoms with Crippen LogP contribution in [0.2, 0.25) is 0 Å². The molecule has 0 N–H and O–H groups in total. The number of para-hydroxylation sites is 1. The number of carbonyl (C=O) groups is 1. The zero-order valence-corrected chi connectivity index (χ0v) is 18.9. The summed E-state index contributed by atoms with van der Waals surface area (Å²) < 4.78 is 0. The monoisotopic (exact) mass is 408 g/mol. The zero-order valence-electron chi connectivity index (χ0n) is 18.9. The molecule has 0 spiro atoms. The summed E-state index contributed by atoms with van der Waals surface area (Å²) >= 11 is 0. The molecule has 3 aromatic rings. The lowest BCUT2D eigenvalue weighted by atomic mass is 9.65. The van der Waals surface area contributed by atoms with Crippen molar-refractivity contribution in [1.29, 1.82) is 0 Å². The summed E-state index contributed by atoms with van der Waals surface area (Å²) in [7, 11) is 0. The smallest absolute Gasteiger partial charge is 0.278 e. The average molecular weight is 409 g/mol. The maximum atomic E-state index is 13.7. The Morgan fingerprint density at radius 3 is 2.23 bits per heavy atom. The first kappa shape index (κ1) is 19.7. The van der Waals surface area contributed by atoms with Crippen molar-refractivity contribution in [3.05, 3.63) is 94.5 Å². The van der Waals surface area contributed by atoms with Crippen molar-refractivity contribution in [3.63, 3.8) is 0 Å². The van der Waals surface area contributed by atoms with Gasteiger partial charge in [-0.25, -0.2) is 4.99 Å². The maximum Gasteiger partial charge on any atom is 0.278 e. The van der Waals surface area contributed by atoms with Gasteiger partial charge >= 0.3 is 0 Å². The SMILES string of the molecule is Cc1cc(C)cc(N=C2C(=O)N3c4c2cccc4C(C)(c2ccccc2)CC3(C)C)c1. The molecule has 2 aliphatic rings. The first-order valence-corrected chi connectivity index (χ1v) is 10.9. The van der Waals surface area contributed by atoms with Gasteiger partial charge in [0.05, 0.1) is 11.4 Å². The molecule has 2 heterocycles. The molecule has 0 saturated heterocycles. The fraction of sp³-hybridized carbons (Fsp3) is 0.286. The van der Waals surface area contributed by atoms with E-state index in [0.717, 1.165) is 34.5 Å². The summed E-state index contributed by atoms with van der Waals surface area (Å²) in [6.45, 7) is 10.8. The highest BCUT2D eigenvalue weighted by Gasteiger charge is 2.52. The van der Waals surface area contributed by atoms with E-state index in [9.17, 15) is 4.79 Å². The minimum Gasteiger partial charge on any atom is -0.300 e. The van der Waals surface area contributed by atoms with Crippen LogP contribution >= 0.6 is 0 Å². The number of carbonyl (C=O) groups excluding carboxylic acids is 1. The molecule has 0 aliphatic carbocycles. The van der Waals surface area contributed by atoms with E-state index in [1.54, 1.807) is 0 Å². The highest BCUT2D eigenvalue weighted by atomic mass is 16.2. The van der Waals surface area contributed by atoms with Gasteiger partial charge in [0.25, 0.3) is 5.91 Å². The molecule has 0 fully saturated rings. The molecule has 3 aromatic carbocycles. The van der Waals surface area contributed by atoms with Crippen molar-refractivity contribution < 1.29 is 4.79 Å². The molecule has 0 aromatic heterocycles. The van der Waals surface area contributed by atoms with Gasteiger partial charge in [-0.2, -0.15) is 0 Å². The minimum absolute atomic E-state index is 0.00159. The molecule has 1 amide bonds. The molecule has 3 nitrogen and oxygen atoms in total. The lowest BCUT2D eigenvalue weighted by Crippen LogP contribution is -2.54. The number of nitrogens with zero attached hydrogens (tertiary/aromatic N) is 2. The molecular weight excluding hydrogens is 380 g/mol. The number of hydrogen-bond donors (Lipinski definition) is 0. The highest BCUT2D eigenvalue weighted by Crippen LogP contribution is 2.54. The molecule has 0 saturated carbocycles. The first-order valence-electron chi connectivity index (χ1n) is 10.9. The Morgan fingerprint density at radius 2 is 1.55 bits per heavy atom. The third kappa shape index (κ3) is 2.95. The van der Waals surface area contributed by atoms with Gasteiger partial charge in [0.15, 0.2) is 0 Å². The fourth-order valence-electron chi connectivity index (χ4n) is 5.68. The number of benzene rings is 3. The highest BCUT2D eigenvalue weighted by molar-refractivity contribution is 6.55. The van der Waals surface area contributed by atoms with E-state index in [4.69, 9.17) is 4.99 Å². The van der Waals surface area contributed by atoms with E-state index in [0.29, 0.717) is 5.71 Å². The van der Waals surface area contributed by atoms with Crippen molar-refractivity contribution >= 4 is 23.0 Å². The van der Waals surface area contributed by atoms with Crippen LogP contribution in [0.25, 0.3) is 0 Å². The fourth-order valence-corrected chi connectivity index (χ4v) is 5.68. The standard InChI is InChI=1S/C28H28N2O/c1-18-14-19(2)16-21(15-18)29-24-22-12-9-13-23-25(22)30(26(24)31)27(3,4)17-28(23,5)20-10-7-6-8-11-20/h6-16H,17H2,1-5H3. The Morgan fingerprint density at radius 1 is 0.871 bits per heavy atom. The predicted octanol–water partition coefficient (Wildman–Crippen LogP) is 6.26. The van der Waals surface area contributed by atoms with Crippen LogP contribution < -0.4 is 4.90 Å². The number of amides is 1. The Bertz CT molecular complexity index is 1220. The summed E-state index contributed by atoms with van der Waals surface area (Å²) in [4.78, 5) is 20.6. The molecule has 0 bridgehead atoms. The van der Waals surface area contributed by atoms with Crippen LogP contribution in [0.4, 0.5) is 11.4 Å². The second-order valence-corrected chi connectivity index (χ2v) is 9.84. The van der Waals surface area contributed by atoms with Crippen LogP contribution in [0.5, 0.6) is 0 Å². The number of hydrogen-bond acceptors (Lipinski definition) is 2. The van der Waals surface area contributed by atoms with E-state index in [1.165, 1.54) is 11.1 Å². The van der Waals surface area contributed by atoms with Crippen molar-refractivity contribution in [1.82, 2.24) is 0 Å². The summed E-state index contributed by atoms with van der Waals surface area (Å²) in [5.74, 6) is 0.00159. The van der Waals surface area contributed by atoms with E-state index in [2.05, 4.69) is 83.1 Å². The Kier molecular flexibility index (Phi) is 4.23. The lowest BCUT2D eigenvalue weighted by Gasteiger charge is -2.49. The molecule has 1 unspecified atom stereocenters. The van der Waals surface area contributed by atoms with Gasteiger partial charge in [-0.3, -0.25) is 4.79 Å². The predicted molar refractivity (Wildman–Crippen MR) is 128 cm³/mol. The van der Waals surface area contributed by atoms with Crippen molar-refractivity contribution in [2.45, 2.75) is 52.0 Å². The van der Waals surface area contributed by atoms with E-state index < -0.39 is 0 Å². The molecule has 0 radical (unpaired) electrons. The Balaban J connectivity index is 1.76. The van der Waals surface area contributed by atoms with Gasteiger partial charge in [-0.1, -0.05) is 61.5 Å². The van der Waals surface area contributed by atoms with E-state index >= 15 is 0 Å². The number of aliphatic imine (C=N–C) groups is 1. The summed E-state index contributed by atoms with van der Waals surface area (Å²) in [6.07, 6.45) is 0.850. The van der Waals surface area contributed by atoms with Crippen molar-refractivity contribution in [2.75, 3.05) is 4.90 Å². The topological polar surface area (TPSA) is 32.7 Å². The lowest BCUT2D eigenvalue weighted by molar-refractivity contribution is -0.113. The second-order valence-electron chi connectivity index (χ2n) is 9.84. The van der Waals surface area contributed by atoms with Gasteiger partial charge in [0.2, 0.25) is 0 Å². The molecule has 1 atom stereocenters. The maximum absolute atomic E-state index is 13.7. The van der Waals surface area contributed by atoms with E-state index in [-0.39, 0.29) is 16.9 Å². The van der Waals surface area contributed by atoms with Crippen LogP contribution in [-0.4, -0.2) is 17.2 Å². The summed E-state index contributed by atoms with van der Waals surface area (Å²) in [6, 6.07) is 23.2. The molecule has 2 aliphatic heterocycles. The Hall–Kier alpha value is -3.20. The van der Waals surface area contributed by atoms with Crippen LogP contribution in [0.15, 0.2) is 71.7 Å². The van der Waals surface area contributed by atoms with Crippen molar-refractivity contribution in [3.8, 4) is 0 Å². The van der Waals surface area contributed by atoms with E-state index in [1.807, 2.05) is 23.1 Å². The van der Waals surface area contributed by atoms with Gasteiger partial charge in [-0.15, -0.1) is 0 Å². The number of aryl methyl sites for hydroxylation is 2. The van der Waals surface area contributed by atoms with Gasteiger partial charge in [0, 0.05) is 16.5 Å². The molecular formula is C28H28N2O. The molecule has 156 valence electrons. The number of anilines is 1. The van der Waals surface area contributed by atoms with Crippen LogP contribution in [-0.2, 0) is 10.2 Å². The second kappa shape index (κ2) is 6.65.